The lowest BCUT2D eigenvalue weighted by atomic mass is 10.2. The van der Waals surface area contributed by atoms with Crippen LogP contribution in [0.1, 0.15) is 37.0 Å². The van der Waals surface area contributed by atoms with Crippen molar-refractivity contribution < 1.29 is 9.90 Å². The maximum Gasteiger partial charge on any atom is 0.337 e. The van der Waals surface area contributed by atoms with Crippen LogP contribution in [0.5, 0.6) is 0 Å². The number of aromatic nitrogens is 1. The molecule has 1 aromatic heterocycles. The minimum Gasteiger partial charge on any atom is -0.478 e. The molecule has 2 N–H and O–H groups in total. The summed E-state index contributed by atoms with van der Waals surface area (Å²) in [6, 6.07) is 2.07. The zero-order valence-electron chi connectivity index (χ0n) is 11.9. The molecule has 5 nitrogen and oxygen atoms in total. The van der Waals surface area contributed by atoms with Crippen LogP contribution in [-0.4, -0.2) is 47.1 Å². The summed E-state index contributed by atoms with van der Waals surface area (Å²) in [6.07, 6.45) is 5.14. The number of carboxylic acid groups (broad SMARTS) is 1. The highest BCUT2D eigenvalue weighted by Crippen LogP contribution is 2.13. The molecule has 0 aromatic carbocycles. The minimum absolute atomic E-state index is 0.272. The third-order valence-electron chi connectivity index (χ3n) is 3.19. The second-order valence-corrected chi connectivity index (χ2v) is 4.93. The molecule has 0 aliphatic heterocycles. The topological polar surface area (TPSA) is 65.5 Å². The predicted molar refractivity (Wildman–Crippen MR) is 76.7 cm³/mol. The third kappa shape index (κ3) is 5.26. The van der Waals surface area contributed by atoms with E-state index in [0.717, 1.165) is 25.9 Å². The van der Waals surface area contributed by atoms with Gasteiger partial charge in [0.25, 0.3) is 0 Å². The Labute approximate surface area is 114 Å². The number of aromatic carboxylic acids is 1. The van der Waals surface area contributed by atoms with Crippen molar-refractivity contribution in [3.8, 4) is 0 Å². The van der Waals surface area contributed by atoms with Gasteiger partial charge in [0.05, 0.1) is 17.4 Å². The lowest BCUT2D eigenvalue weighted by molar-refractivity contribution is 0.0698. The lowest BCUT2D eigenvalue weighted by Gasteiger charge is -2.20. The van der Waals surface area contributed by atoms with Crippen LogP contribution in [0.2, 0.25) is 0 Å². The fraction of sp³-hybridized carbons (Fsp3) is 0.571. The summed E-state index contributed by atoms with van der Waals surface area (Å²) in [5.41, 5.74) is 0.863. The van der Waals surface area contributed by atoms with Crippen LogP contribution in [0.25, 0.3) is 0 Å². The Morgan fingerprint density at radius 1 is 1.47 bits per heavy atom. The Bertz CT molecular complexity index is 407. The molecule has 19 heavy (non-hydrogen) atoms. The van der Waals surface area contributed by atoms with E-state index in [1.165, 1.54) is 12.3 Å². The summed E-state index contributed by atoms with van der Waals surface area (Å²) < 4.78 is 0. The third-order valence-corrected chi connectivity index (χ3v) is 3.19. The number of nitrogens with one attached hydrogen (secondary N) is 1. The quantitative estimate of drug-likeness (QED) is 0.706. The molecular formula is C14H23N3O2. The number of hydrogen-bond donors (Lipinski definition) is 2. The molecule has 5 heteroatoms. The van der Waals surface area contributed by atoms with Crippen molar-refractivity contribution in [2.45, 2.75) is 32.7 Å². The highest BCUT2D eigenvalue weighted by Gasteiger charge is 2.08. The van der Waals surface area contributed by atoms with Gasteiger partial charge in [-0.05, 0) is 46.3 Å². The zero-order chi connectivity index (χ0) is 14.3. The number of carbonyl (C=O) groups is 1. The van der Waals surface area contributed by atoms with Gasteiger partial charge in [-0.15, -0.1) is 0 Å². The predicted octanol–water partition coefficient (Wildman–Crippen LogP) is 2.31. The number of unbranched alkanes of at least 4 members (excludes halogenated alkanes) is 1. The smallest absolute Gasteiger partial charge is 0.337 e. The molecule has 0 aliphatic rings. The van der Waals surface area contributed by atoms with Gasteiger partial charge in [0.2, 0.25) is 0 Å². The molecule has 0 saturated heterocycles. The molecule has 0 aliphatic carbocycles. The number of rotatable bonds is 8. The summed E-state index contributed by atoms with van der Waals surface area (Å²) in [7, 11) is 2.11. The lowest BCUT2D eigenvalue weighted by Crippen LogP contribution is -2.27. The normalized spacial score (nSPS) is 11.0. The Morgan fingerprint density at radius 3 is 2.84 bits per heavy atom. The molecule has 0 bridgehead atoms. The van der Waals surface area contributed by atoms with E-state index in [-0.39, 0.29) is 5.56 Å². The monoisotopic (exact) mass is 265 g/mol. The average Bonchev–Trinajstić information content (AvgIpc) is 2.38. The van der Waals surface area contributed by atoms with Gasteiger partial charge in [0.15, 0.2) is 0 Å². The van der Waals surface area contributed by atoms with Crippen molar-refractivity contribution in [3.63, 3.8) is 0 Å². The fourth-order valence-electron chi connectivity index (χ4n) is 1.69. The number of anilines is 1. The first kappa shape index (κ1) is 15.4. The van der Waals surface area contributed by atoms with E-state index in [2.05, 4.69) is 36.1 Å². The highest BCUT2D eigenvalue weighted by atomic mass is 16.4. The van der Waals surface area contributed by atoms with Crippen LogP contribution in [-0.2, 0) is 0 Å². The SMILES string of the molecule is CC(C)N(C)CCCCNc1cnccc1C(=O)O. The van der Waals surface area contributed by atoms with E-state index in [9.17, 15) is 4.79 Å². The van der Waals surface area contributed by atoms with Crippen molar-refractivity contribution >= 4 is 11.7 Å². The van der Waals surface area contributed by atoms with Gasteiger partial charge in [0, 0.05) is 18.8 Å². The first-order valence-corrected chi connectivity index (χ1v) is 6.63. The minimum atomic E-state index is -0.926. The molecular weight excluding hydrogens is 242 g/mol. The average molecular weight is 265 g/mol. The van der Waals surface area contributed by atoms with E-state index in [0.29, 0.717) is 11.7 Å². The fourth-order valence-corrected chi connectivity index (χ4v) is 1.69. The van der Waals surface area contributed by atoms with E-state index in [4.69, 9.17) is 5.11 Å². The first-order valence-electron chi connectivity index (χ1n) is 6.63. The second kappa shape index (κ2) is 7.74. The summed E-state index contributed by atoms with van der Waals surface area (Å²) in [5, 5.41) is 12.2. The van der Waals surface area contributed by atoms with Gasteiger partial charge >= 0.3 is 5.97 Å². The highest BCUT2D eigenvalue weighted by molar-refractivity contribution is 5.93. The molecule has 0 atom stereocenters. The first-order chi connectivity index (χ1) is 9.02. The zero-order valence-corrected chi connectivity index (χ0v) is 11.9. The molecule has 0 radical (unpaired) electrons. The number of pyridine rings is 1. The number of nitrogens with zero attached hydrogens (tertiary/aromatic N) is 2. The van der Waals surface area contributed by atoms with E-state index >= 15 is 0 Å². The van der Waals surface area contributed by atoms with Gasteiger partial charge in [-0.25, -0.2) is 4.79 Å². The maximum atomic E-state index is 11.0. The van der Waals surface area contributed by atoms with Gasteiger partial charge < -0.3 is 15.3 Å². The van der Waals surface area contributed by atoms with Gasteiger partial charge in [-0.1, -0.05) is 0 Å². The summed E-state index contributed by atoms with van der Waals surface area (Å²) in [4.78, 5) is 17.2. The Hall–Kier alpha value is -1.62. The van der Waals surface area contributed by atoms with Crippen molar-refractivity contribution in [2.75, 3.05) is 25.5 Å². The number of carboxylic acids is 1. The summed E-state index contributed by atoms with van der Waals surface area (Å²) in [5.74, 6) is -0.926. The Kier molecular flexibility index (Phi) is 6.29. The maximum absolute atomic E-state index is 11.0. The number of hydrogen-bond acceptors (Lipinski definition) is 4. The molecule has 1 heterocycles. The van der Waals surface area contributed by atoms with E-state index < -0.39 is 5.97 Å². The van der Waals surface area contributed by atoms with Crippen LogP contribution in [0, 0.1) is 0 Å². The van der Waals surface area contributed by atoms with Crippen molar-refractivity contribution in [2.24, 2.45) is 0 Å². The molecule has 0 unspecified atom stereocenters. The molecule has 0 spiro atoms. The van der Waals surface area contributed by atoms with Crippen LogP contribution in [0.15, 0.2) is 18.5 Å². The van der Waals surface area contributed by atoms with Gasteiger partial charge in [-0.2, -0.15) is 0 Å². The van der Waals surface area contributed by atoms with Crippen LogP contribution in [0.3, 0.4) is 0 Å². The van der Waals surface area contributed by atoms with Gasteiger partial charge in [-0.3, -0.25) is 4.98 Å². The molecule has 1 aromatic rings. The van der Waals surface area contributed by atoms with Gasteiger partial charge in [0.1, 0.15) is 0 Å². The summed E-state index contributed by atoms with van der Waals surface area (Å²) in [6.45, 7) is 6.16. The largest absolute Gasteiger partial charge is 0.478 e. The molecule has 0 saturated carbocycles. The van der Waals surface area contributed by atoms with Crippen LogP contribution < -0.4 is 5.32 Å². The molecule has 106 valence electrons. The Balaban J connectivity index is 2.32. The molecule has 1 rings (SSSR count). The van der Waals surface area contributed by atoms with Crippen LogP contribution in [0.4, 0.5) is 5.69 Å². The van der Waals surface area contributed by atoms with Crippen molar-refractivity contribution in [1.82, 2.24) is 9.88 Å². The molecule has 0 amide bonds. The van der Waals surface area contributed by atoms with Crippen molar-refractivity contribution in [3.05, 3.63) is 24.0 Å². The second-order valence-electron chi connectivity index (χ2n) is 4.93. The Morgan fingerprint density at radius 2 is 2.21 bits per heavy atom. The summed E-state index contributed by atoms with van der Waals surface area (Å²) >= 11 is 0. The van der Waals surface area contributed by atoms with Crippen molar-refractivity contribution in [1.29, 1.82) is 0 Å². The van der Waals surface area contributed by atoms with E-state index in [1.54, 1.807) is 6.20 Å². The molecule has 0 fully saturated rings. The van der Waals surface area contributed by atoms with E-state index in [1.807, 2.05) is 0 Å². The standard InChI is InChI=1S/C14H23N3O2/c1-11(2)17(3)9-5-4-7-16-13-10-15-8-6-12(13)14(18)19/h6,8,10-11,16H,4-5,7,9H2,1-3H3,(H,18,19). The van der Waals surface area contributed by atoms with Crippen LogP contribution >= 0.6 is 0 Å².